The van der Waals surface area contributed by atoms with Gasteiger partial charge in [0, 0.05) is 36.3 Å². The molecule has 0 aromatic heterocycles. The third kappa shape index (κ3) is 18.7. The molecule has 0 saturated carbocycles. The largest absolute Gasteiger partial charge is 0.368 e. The summed E-state index contributed by atoms with van der Waals surface area (Å²) >= 11 is 1.84. The van der Waals surface area contributed by atoms with Crippen LogP contribution in [0.5, 0.6) is 0 Å². The van der Waals surface area contributed by atoms with E-state index in [1.807, 2.05) is 39.5 Å². The lowest BCUT2D eigenvalue weighted by molar-refractivity contribution is -0.137. The van der Waals surface area contributed by atoms with Gasteiger partial charge in [-0.05, 0) is 63.7 Å². The first-order valence-corrected chi connectivity index (χ1v) is 21.1. The van der Waals surface area contributed by atoms with E-state index in [0.29, 0.717) is 37.5 Å². The maximum atomic E-state index is 13.1. The van der Waals surface area contributed by atoms with Gasteiger partial charge in [-0.15, -0.1) is 0 Å². The molecule has 0 aromatic carbocycles. The van der Waals surface area contributed by atoms with Gasteiger partial charge in [0.1, 0.15) is 18.1 Å². The summed E-state index contributed by atoms with van der Waals surface area (Å²) in [4.78, 5) is 111. The highest BCUT2D eigenvalue weighted by atomic mass is 32.2. The monoisotopic (exact) mass is 840 g/mol. The second-order valence-corrected chi connectivity index (χ2v) is 17.0. The van der Waals surface area contributed by atoms with Crippen molar-refractivity contribution in [1.29, 1.82) is 0 Å². The van der Waals surface area contributed by atoms with E-state index in [0.717, 1.165) is 25.0 Å². The molecule has 20 nitrogen and oxygen atoms in total. The molecule has 21 heteroatoms. The number of unbranched alkanes of at least 4 members (excludes halogenated alkanes) is 2. The molecule has 2 aliphatic rings. The van der Waals surface area contributed by atoms with Crippen molar-refractivity contribution in [3.63, 3.8) is 0 Å². The van der Waals surface area contributed by atoms with Gasteiger partial charge in [-0.2, -0.15) is 11.8 Å². The molecule has 2 aliphatic heterocycles. The van der Waals surface area contributed by atoms with Gasteiger partial charge in [-0.1, -0.05) is 34.1 Å². The Morgan fingerprint density at radius 1 is 0.741 bits per heavy atom. The Morgan fingerprint density at radius 2 is 1.43 bits per heavy atom. The van der Waals surface area contributed by atoms with Crippen LogP contribution >= 0.6 is 11.8 Å². The molecular formula is C37H64N10O10S. The molecule has 328 valence electrons. The van der Waals surface area contributed by atoms with Crippen molar-refractivity contribution < 1.29 is 48.4 Å². The maximum absolute atomic E-state index is 13.1. The quantitative estimate of drug-likeness (QED) is 0.0202. The summed E-state index contributed by atoms with van der Waals surface area (Å²) in [5.41, 5.74) is 6.97. The third-order valence-corrected chi connectivity index (χ3v) is 11.2. The first-order valence-electron chi connectivity index (χ1n) is 20.0. The number of primary amides is 1. The predicted molar refractivity (Wildman–Crippen MR) is 214 cm³/mol. The number of fused-ring (bicyclic) bond motifs is 1. The van der Waals surface area contributed by atoms with E-state index in [1.165, 1.54) is 12.4 Å². The number of rotatable bonds is 27. The minimum absolute atomic E-state index is 0.0254. The Bertz CT molecular complexity index is 1450. The second kappa shape index (κ2) is 25.6. The molecule has 0 spiro atoms. The van der Waals surface area contributed by atoms with Gasteiger partial charge < -0.3 is 48.3 Å². The van der Waals surface area contributed by atoms with Crippen LogP contribution in [-0.2, 0) is 38.4 Å². The normalized spacial score (nSPS) is 19.0. The molecule has 1 unspecified atom stereocenters. The molecule has 0 aromatic rings. The SMILES string of the molecule is CC(C)CC(CC(=O)NO)C(=O)N[C@@H](CC(C)C)C(=O)N[C@@H](C)C(=O)NCC(=O)NCC(=O)N[C@@H](CCCCNC(=O)CCCC[C@@H]1SC[C@@H]2NC(=O)N[C@@H]21)C(N)=O. The topological polar surface area (TPSA) is 308 Å². The summed E-state index contributed by atoms with van der Waals surface area (Å²) in [5.74, 6) is -4.75. The lowest BCUT2D eigenvalue weighted by atomic mass is 9.92. The molecule has 0 radical (unpaired) electrons. The highest BCUT2D eigenvalue weighted by Gasteiger charge is 2.42. The van der Waals surface area contributed by atoms with Crippen molar-refractivity contribution >= 4 is 65.1 Å². The smallest absolute Gasteiger partial charge is 0.315 e. The van der Waals surface area contributed by atoms with Crippen LogP contribution in [0.1, 0.15) is 98.8 Å². The summed E-state index contributed by atoms with van der Waals surface area (Å²) in [7, 11) is 0. The highest BCUT2D eigenvalue weighted by molar-refractivity contribution is 8.00. The van der Waals surface area contributed by atoms with Crippen molar-refractivity contribution in [3.8, 4) is 0 Å². The van der Waals surface area contributed by atoms with Crippen molar-refractivity contribution in [2.24, 2.45) is 23.5 Å². The van der Waals surface area contributed by atoms with E-state index in [2.05, 4.69) is 42.5 Å². The number of thioether (sulfide) groups is 1. The zero-order chi connectivity index (χ0) is 43.4. The number of hydrogen-bond donors (Lipinski definition) is 11. The van der Waals surface area contributed by atoms with Gasteiger partial charge in [0.15, 0.2) is 0 Å². The third-order valence-electron chi connectivity index (χ3n) is 9.65. The molecule has 2 heterocycles. The van der Waals surface area contributed by atoms with Gasteiger partial charge in [0.05, 0.1) is 25.2 Å². The van der Waals surface area contributed by atoms with Crippen LogP contribution < -0.4 is 53.7 Å². The van der Waals surface area contributed by atoms with E-state index in [-0.39, 0.29) is 55.1 Å². The predicted octanol–water partition coefficient (Wildman–Crippen LogP) is -1.21. The number of urea groups is 1. The Balaban J connectivity index is 1.66. The van der Waals surface area contributed by atoms with Crippen LogP contribution in [0.15, 0.2) is 0 Å². The minimum Gasteiger partial charge on any atom is -0.368 e. The van der Waals surface area contributed by atoms with Crippen molar-refractivity contribution in [1.82, 2.24) is 48.0 Å². The summed E-state index contributed by atoms with van der Waals surface area (Å²) in [5, 5.41) is 30.4. The zero-order valence-corrected chi connectivity index (χ0v) is 35.0. The molecule has 2 fully saturated rings. The fraction of sp³-hybridized carbons (Fsp3) is 0.757. The summed E-state index contributed by atoms with van der Waals surface area (Å²) < 4.78 is 0. The van der Waals surface area contributed by atoms with Crippen LogP contribution in [0.2, 0.25) is 0 Å². The average Bonchev–Trinajstić information content (AvgIpc) is 3.71. The number of hydrogen-bond acceptors (Lipinski definition) is 11. The lowest BCUT2D eigenvalue weighted by Gasteiger charge is -2.25. The molecule has 2 rings (SSSR count). The van der Waals surface area contributed by atoms with Crippen LogP contribution in [0.4, 0.5) is 4.79 Å². The standard InChI is InChI=1S/C37H64N10O10S/c1-20(2)14-23(16-29(49)47-57)35(54)44-25(15-21(3)4)36(55)42-22(5)34(53)41-17-30(50)40-18-31(51)43-24(33(38)52)10-8-9-13-39-28(48)12-7-6-11-27-32-26(19-58-27)45-37(56)46-32/h20-27,32,57H,6-19H2,1-5H3,(H2,38,52)(H,39,48)(H,40,50)(H,41,53)(H,42,55)(H,43,51)(H,44,54)(H,47,49)(H2,45,46,56)/t22-,23?,24-,25-,26-,27-,32-/m0/s1. The van der Waals surface area contributed by atoms with Crippen molar-refractivity contribution in [2.75, 3.05) is 25.4 Å². The Labute approximate surface area is 343 Å². The number of hydroxylamine groups is 1. The summed E-state index contributed by atoms with van der Waals surface area (Å²) in [6.45, 7) is 8.19. The average molecular weight is 841 g/mol. The van der Waals surface area contributed by atoms with Gasteiger partial charge in [-0.3, -0.25) is 43.6 Å². The van der Waals surface area contributed by atoms with Crippen LogP contribution in [0.25, 0.3) is 0 Å². The molecule has 2 saturated heterocycles. The molecular weight excluding hydrogens is 777 g/mol. The fourth-order valence-electron chi connectivity index (χ4n) is 6.65. The molecule has 7 atom stereocenters. The second-order valence-electron chi connectivity index (χ2n) is 15.7. The Kier molecular flexibility index (Phi) is 21.9. The summed E-state index contributed by atoms with van der Waals surface area (Å²) in [6.07, 6.45) is 4.45. The van der Waals surface area contributed by atoms with E-state index >= 15 is 0 Å². The first-order chi connectivity index (χ1) is 27.4. The zero-order valence-electron chi connectivity index (χ0n) is 34.2. The summed E-state index contributed by atoms with van der Waals surface area (Å²) in [6, 6.07) is -2.94. The Hall–Kier alpha value is -4.66. The number of carbonyl (C=O) groups is 9. The molecule has 0 aliphatic carbocycles. The number of amides is 10. The van der Waals surface area contributed by atoms with Crippen LogP contribution in [0.3, 0.4) is 0 Å². The number of nitrogens with one attached hydrogen (secondary N) is 9. The van der Waals surface area contributed by atoms with E-state index in [1.54, 1.807) is 0 Å². The molecule has 0 bridgehead atoms. The van der Waals surface area contributed by atoms with Gasteiger partial charge in [-0.25, -0.2) is 10.3 Å². The van der Waals surface area contributed by atoms with E-state index in [9.17, 15) is 43.2 Å². The lowest BCUT2D eigenvalue weighted by Crippen LogP contribution is -2.54. The first kappa shape index (κ1) is 49.5. The van der Waals surface area contributed by atoms with Crippen LogP contribution in [0, 0.1) is 17.8 Å². The van der Waals surface area contributed by atoms with Crippen molar-refractivity contribution in [2.45, 2.75) is 134 Å². The minimum atomic E-state index is -1.11. The highest BCUT2D eigenvalue weighted by Crippen LogP contribution is 2.33. The fourth-order valence-corrected chi connectivity index (χ4v) is 8.19. The van der Waals surface area contributed by atoms with Crippen molar-refractivity contribution in [3.05, 3.63) is 0 Å². The van der Waals surface area contributed by atoms with Gasteiger partial charge in [0.25, 0.3) is 0 Å². The molecule has 12 N–H and O–H groups in total. The molecule has 58 heavy (non-hydrogen) atoms. The van der Waals surface area contributed by atoms with Gasteiger partial charge in [0.2, 0.25) is 47.3 Å². The van der Waals surface area contributed by atoms with Crippen LogP contribution in [-0.4, -0.2) is 119 Å². The maximum Gasteiger partial charge on any atom is 0.315 e. The number of carbonyl (C=O) groups excluding carboxylic acids is 9. The molecule has 10 amide bonds. The van der Waals surface area contributed by atoms with E-state index in [4.69, 9.17) is 10.9 Å². The van der Waals surface area contributed by atoms with Gasteiger partial charge >= 0.3 is 6.03 Å². The Morgan fingerprint density at radius 3 is 2.09 bits per heavy atom. The van der Waals surface area contributed by atoms with E-state index < -0.39 is 78.5 Å². The number of nitrogens with two attached hydrogens (primary N) is 1.